The van der Waals surface area contributed by atoms with Crippen molar-refractivity contribution in [2.75, 3.05) is 11.1 Å². The minimum absolute atomic E-state index is 0.0567. The molecule has 6 nitrogen and oxygen atoms in total. The van der Waals surface area contributed by atoms with Crippen molar-refractivity contribution in [2.24, 2.45) is 0 Å². The van der Waals surface area contributed by atoms with Crippen LogP contribution in [-0.2, 0) is 0 Å². The number of nitrogens with one attached hydrogen (secondary N) is 2. The molecule has 0 spiro atoms. The number of rotatable bonds is 2. The van der Waals surface area contributed by atoms with E-state index in [0.717, 1.165) is 0 Å². The standard InChI is InChI=1S/C11H8ClFN6/c12-7-2-1-5(3-8(7)13)16-9-6-4-15-19-10(6)18-11(14)17-9/h1-4H,(H4,14,15,16,17,18,19). The predicted molar refractivity (Wildman–Crippen MR) is 70.8 cm³/mol. The molecule has 0 aliphatic heterocycles. The number of hydrogen-bond acceptors (Lipinski definition) is 5. The van der Waals surface area contributed by atoms with Gasteiger partial charge in [-0.15, -0.1) is 0 Å². The Kier molecular flexibility index (Phi) is 2.68. The van der Waals surface area contributed by atoms with Crippen LogP contribution in [0.15, 0.2) is 24.4 Å². The van der Waals surface area contributed by atoms with Crippen LogP contribution >= 0.6 is 11.6 Å². The molecule has 0 fully saturated rings. The van der Waals surface area contributed by atoms with Gasteiger partial charge in [0.25, 0.3) is 0 Å². The molecule has 0 saturated heterocycles. The Morgan fingerprint density at radius 1 is 1.32 bits per heavy atom. The van der Waals surface area contributed by atoms with E-state index in [1.165, 1.54) is 12.1 Å². The first-order valence-electron chi connectivity index (χ1n) is 5.32. The number of aromatic nitrogens is 4. The van der Waals surface area contributed by atoms with Crippen molar-refractivity contribution in [1.82, 2.24) is 20.2 Å². The van der Waals surface area contributed by atoms with Crippen molar-refractivity contribution < 1.29 is 4.39 Å². The summed E-state index contributed by atoms with van der Waals surface area (Å²) < 4.78 is 13.4. The molecule has 3 aromatic rings. The highest BCUT2D eigenvalue weighted by molar-refractivity contribution is 6.30. The van der Waals surface area contributed by atoms with Crippen LogP contribution in [0.2, 0.25) is 5.02 Å². The lowest BCUT2D eigenvalue weighted by Gasteiger charge is -2.07. The van der Waals surface area contributed by atoms with Crippen molar-refractivity contribution in [3.05, 3.63) is 35.2 Å². The fourth-order valence-electron chi connectivity index (χ4n) is 1.66. The highest BCUT2D eigenvalue weighted by atomic mass is 35.5. The summed E-state index contributed by atoms with van der Waals surface area (Å²) >= 11 is 5.62. The number of aromatic amines is 1. The fourth-order valence-corrected chi connectivity index (χ4v) is 1.78. The van der Waals surface area contributed by atoms with E-state index in [-0.39, 0.29) is 11.0 Å². The summed E-state index contributed by atoms with van der Waals surface area (Å²) in [7, 11) is 0. The molecule has 0 aliphatic carbocycles. The highest BCUT2D eigenvalue weighted by Gasteiger charge is 2.09. The molecule has 4 N–H and O–H groups in total. The average molecular weight is 279 g/mol. The Morgan fingerprint density at radius 2 is 2.16 bits per heavy atom. The van der Waals surface area contributed by atoms with E-state index < -0.39 is 5.82 Å². The highest BCUT2D eigenvalue weighted by Crippen LogP contribution is 2.25. The normalized spacial score (nSPS) is 10.8. The minimum Gasteiger partial charge on any atom is -0.368 e. The van der Waals surface area contributed by atoms with Crippen LogP contribution in [-0.4, -0.2) is 20.2 Å². The summed E-state index contributed by atoms with van der Waals surface area (Å²) in [6.07, 6.45) is 1.56. The average Bonchev–Trinajstić information content (AvgIpc) is 2.82. The first-order valence-corrected chi connectivity index (χ1v) is 5.70. The molecule has 3 rings (SSSR count). The molecule has 0 radical (unpaired) electrons. The van der Waals surface area contributed by atoms with Crippen LogP contribution in [0.4, 0.5) is 21.8 Å². The Bertz CT molecular complexity index is 756. The van der Waals surface area contributed by atoms with Gasteiger partial charge < -0.3 is 11.1 Å². The molecule has 0 atom stereocenters. The summed E-state index contributed by atoms with van der Waals surface area (Å²) in [5, 5.41) is 10.2. The van der Waals surface area contributed by atoms with Gasteiger partial charge in [0.15, 0.2) is 5.65 Å². The number of nitrogen functional groups attached to an aromatic ring is 1. The Balaban J connectivity index is 2.04. The fraction of sp³-hybridized carbons (Fsp3) is 0. The van der Waals surface area contributed by atoms with Crippen molar-refractivity contribution in [3.63, 3.8) is 0 Å². The maximum atomic E-state index is 13.4. The van der Waals surface area contributed by atoms with Crippen LogP contribution < -0.4 is 11.1 Å². The van der Waals surface area contributed by atoms with Crippen molar-refractivity contribution in [3.8, 4) is 0 Å². The van der Waals surface area contributed by atoms with Gasteiger partial charge in [-0.3, -0.25) is 5.10 Å². The van der Waals surface area contributed by atoms with E-state index >= 15 is 0 Å². The van der Waals surface area contributed by atoms with Crippen molar-refractivity contribution >= 4 is 40.1 Å². The summed E-state index contributed by atoms with van der Waals surface area (Å²) in [4.78, 5) is 8.04. The van der Waals surface area contributed by atoms with Crippen LogP contribution in [0.25, 0.3) is 11.0 Å². The van der Waals surface area contributed by atoms with E-state index in [0.29, 0.717) is 22.5 Å². The van der Waals surface area contributed by atoms with E-state index in [2.05, 4.69) is 25.5 Å². The summed E-state index contributed by atoms with van der Waals surface area (Å²) in [5.41, 5.74) is 6.59. The zero-order valence-electron chi connectivity index (χ0n) is 9.48. The molecule has 0 bridgehead atoms. The molecule has 2 aromatic heterocycles. The van der Waals surface area contributed by atoms with Crippen molar-refractivity contribution in [2.45, 2.75) is 0 Å². The lowest BCUT2D eigenvalue weighted by atomic mass is 10.3. The number of benzene rings is 1. The van der Waals surface area contributed by atoms with E-state index in [1.54, 1.807) is 12.3 Å². The third-order valence-corrected chi connectivity index (χ3v) is 2.82. The molecule has 0 saturated carbocycles. The van der Waals surface area contributed by atoms with Crippen LogP contribution in [0.3, 0.4) is 0 Å². The lowest BCUT2D eigenvalue weighted by Crippen LogP contribution is -2.01. The second-order valence-corrected chi connectivity index (χ2v) is 4.22. The SMILES string of the molecule is Nc1nc(Nc2ccc(Cl)c(F)c2)c2cn[nH]c2n1. The summed E-state index contributed by atoms with van der Waals surface area (Å²) in [5.74, 6) is 0.0174. The van der Waals surface area contributed by atoms with Crippen LogP contribution in [0.5, 0.6) is 0 Å². The number of nitrogens with zero attached hydrogens (tertiary/aromatic N) is 3. The number of H-pyrrole nitrogens is 1. The Labute approximate surface area is 111 Å². The predicted octanol–water partition coefficient (Wildman–Crippen LogP) is 2.47. The largest absolute Gasteiger partial charge is 0.368 e. The molecule has 96 valence electrons. The molecule has 1 aromatic carbocycles. The minimum atomic E-state index is -0.517. The monoisotopic (exact) mass is 278 g/mol. The molecule has 19 heavy (non-hydrogen) atoms. The van der Waals surface area contributed by atoms with Gasteiger partial charge in [-0.25, -0.2) is 4.39 Å². The van der Waals surface area contributed by atoms with Gasteiger partial charge >= 0.3 is 0 Å². The van der Waals surface area contributed by atoms with Gasteiger partial charge in [0.1, 0.15) is 11.6 Å². The lowest BCUT2D eigenvalue weighted by molar-refractivity contribution is 0.629. The molecule has 0 amide bonds. The Morgan fingerprint density at radius 3 is 2.95 bits per heavy atom. The van der Waals surface area contributed by atoms with Gasteiger partial charge in [-0.2, -0.15) is 15.1 Å². The molecule has 0 unspecified atom stereocenters. The Hall–Kier alpha value is -2.41. The first kappa shape index (κ1) is 11.7. The second-order valence-electron chi connectivity index (χ2n) is 3.82. The molecule has 0 aliphatic rings. The topological polar surface area (TPSA) is 92.5 Å². The second kappa shape index (κ2) is 4.36. The summed E-state index contributed by atoms with van der Waals surface area (Å²) in [6.45, 7) is 0. The number of fused-ring (bicyclic) bond motifs is 1. The first-order chi connectivity index (χ1) is 9.13. The van der Waals surface area contributed by atoms with E-state index in [4.69, 9.17) is 17.3 Å². The van der Waals surface area contributed by atoms with Gasteiger partial charge in [-0.1, -0.05) is 11.6 Å². The number of hydrogen-bond donors (Lipinski definition) is 3. The summed E-state index contributed by atoms with van der Waals surface area (Å²) in [6, 6.07) is 4.36. The van der Waals surface area contributed by atoms with Gasteiger partial charge in [0.2, 0.25) is 5.95 Å². The zero-order chi connectivity index (χ0) is 13.4. The number of anilines is 3. The molecule has 8 heteroatoms. The zero-order valence-corrected chi connectivity index (χ0v) is 10.2. The number of halogens is 2. The quantitative estimate of drug-likeness (QED) is 0.670. The van der Waals surface area contributed by atoms with Crippen molar-refractivity contribution in [1.29, 1.82) is 0 Å². The van der Waals surface area contributed by atoms with Gasteiger partial charge in [0.05, 0.1) is 16.6 Å². The maximum absolute atomic E-state index is 13.4. The smallest absolute Gasteiger partial charge is 0.224 e. The number of nitrogens with two attached hydrogens (primary N) is 1. The molecule has 2 heterocycles. The van der Waals surface area contributed by atoms with Gasteiger partial charge in [-0.05, 0) is 18.2 Å². The maximum Gasteiger partial charge on any atom is 0.224 e. The third kappa shape index (κ3) is 2.15. The van der Waals surface area contributed by atoms with E-state index in [1.807, 2.05) is 0 Å². The van der Waals surface area contributed by atoms with Crippen LogP contribution in [0, 0.1) is 5.82 Å². The van der Waals surface area contributed by atoms with Gasteiger partial charge in [0, 0.05) is 5.69 Å². The molecular formula is C11H8ClFN6. The van der Waals surface area contributed by atoms with Crippen LogP contribution in [0.1, 0.15) is 0 Å². The molecular weight excluding hydrogens is 271 g/mol. The third-order valence-electron chi connectivity index (χ3n) is 2.51. The van der Waals surface area contributed by atoms with E-state index in [9.17, 15) is 4.39 Å².